The van der Waals surface area contributed by atoms with Crippen LogP contribution in [0.5, 0.6) is 0 Å². The summed E-state index contributed by atoms with van der Waals surface area (Å²) in [5.74, 6) is -1.34. The lowest BCUT2D eigenvalue weighted by Gasteiger charge is -2.16. The summed E-state index contributed by atoms with van der Waals surface area (Å²) < 4.78 is 7.12. The van der Waals surface area contributed by atoms with Crippen LogP contribution in [0.4, 0.5) is 0 Å². The molecule has 120 valence electrons. The zero-order valence-corrected chi connectivity index (χ0v) is 12.2. The SMILES string of the molecule is O=C(O)c1cn(CC2CCCO2)c2ncc(B(O)O)cc2c1=O. The van der Waals surface area contributed by atoms with Crippen LogP contribution in [0, 0.1) is 0 Å². The Kier molecular flexibility index (Phi) is 4.16. The van der Waals surface area contributed by atoms with Crippen LogP contribution in [0.1, 0.15) is 23.2 Å². The van der Waals surface area contributed by atoms with Gasteiger partial charge in [-0.3, -0.25) is 4.79 Å². The van der Waals surface area contributed by atoms with E-state index in [1.807, 2.05) is 0 Å². The number of pyridine rings is 2. The van der Waals surface area contributed by atoms with E-state index in [2.05, 4.69) is 4.98 Å². The van der Waals surface area contributed by atoms with Crippen LogP contribution < -0.4 is 10.9 Å². The number of nitrogens with zero attached hydrogens (tertiary/aromatic N) is 2. The van der Waals surface area contributed by atoms with Crippen LogP contribution in [-0.4, -0.2) is 50.5 Å². The Morgan fingerprint density at radius 3 is 2.87 bits per heavy atom. The second-order valence-electron chi connectivity index (χ2n) is 5.48. The van der Waals surface area contributed by atoms with Gasteiger partial charge in [-0.05, 0) is 18.9 Å². The van der Waals surface area contributed by atoms with Crippen molar-refractivity contribution in [3.8, 4) is 0 Å². The smallest absolute Gasteiger partial charge is 0.477 e. The summed E-state index contributed by atoms with van der Waals surface area (Å²) >= 11 is 0. The minimum absolute atomic E-state index is 0.0285. The first-order valence-corrected chi connectivity index (χ1v) is 7.21. The number of hydrogen-bond donors (Lipinski definition) is 3. The topological polar surface area (TPSA) is 122 Å². The number of hydrogen-bond acceptors (Lipinski definition) is 6. The van der Waals surface area contributed by atoms with E-state index in [0.717, 1.165) is 12.8 Å². The van der Waals surface area contributed by atoms with Gasteiger partial charge in [-0.15, -0.1) is 0 Å². The molecule has 1 saturated heterocycles. The van der Waals surface area contributed by atoms with Crippen molar-refractivity contribution >= 4 is 29.6 Å². The summed E-state index contributed by atoms with van der Waals surface area (Å²) in [7, 11) is -1.79. The molecule has 3 rings (SSSR count). The molecule has 1 atom stereocenters. The summed E-state index contributed by atoms with van der Waals surface area (Å²) in [4.78, 5) is 27.7. The van der Waals surface area contributed by atoms with E-state index < -0.39 is 18.5 Å². The van der Waals surface area contributed by atoms with Gasteiger partial charge >= 0.3 is 13.1 Å². The third kappa shape index (κ3) is 2.98. The number of ether oxygens (including phenoxy) is 1. The summed E-state index contributed by atoms with van der Waals surface area (Å²) in [5, 5.41) is 27.7. The fourth-order valence-corrected chi connectivity index (χ4v) is 2.73. The van der Waals surface area contributed by atoms with Crippen LogP contribution in [0.2, 0.25) is 0 Å². The Morgan fingerprint density at radius 2 is 2.26 bits per heavy atom. The van der Waals surface area contributed by atoms with Crippen molar-refractivity contribution in [1.29, 1.82) is 0 Å². The largest absolute Gasteiger partial charge is 0.490 e. The molecule has 3 N–H and O–H groups in total. The predicted molar refractivity (Wildman–Crippen MR) is 81.8 cm³/mol. The predicted octanol–water partition coefficient (Wildman–Crippen LogP) is -1.05. The van der Waals surface area contributed by atoms with Gasteiger partial charge in [-0.25, -0.2) is 9.78 Å². The van der Waals surface area contributed by atoms with E-state index in [9.17, 15) is 24.7 Å². The molecule has 3 heterocycles. The number of aromatic carboxylic acids is 1. The number of carboxylic acids is 1. The van der Waals surface area contributed by atoms with Gasteiger partial charge in [-0.1, -0.05) is 0 Å². The van der Waals surface area contributed by atoms with Crippen molar-refractivity contribution in [3.05, 3.63) is 34.2 Å². The summed E-state index contributed by atoms with van der Waals surface area (Å²) in [6.45, 7) is 1.04. The maximum atomic E-state index is 12.3. The van der Waals surface area contributed by atoms with Crippen molar-refractivity contribution in [2.75, 3.05) is 6.61 Å². The van der Waals surface area contributed by atoms with E-state index in [1.54, 1.807) is 4.57 Å². The Labute approximate surface area is 131 Å². The molecule has 2 aromatic rings. The molecule has 0 radical (unpaired) electrons. The Morgan fingerprint density at radius 1 is 1.48 bits per heavy atom. The van der Waals surface area contributed by atoms with E-state index in [0.29, 0.717) is 18.8 Å². The fraction of sp³-hybridized carbons (Fsp3) is 0.357. The van der Waals surface area contributed by atoms with Crippen molar-refractivity contribution in [1.82, 2.24) is 9.55 Å². The number of carboxylic acid groups (broad SMARTS) is 1. The lowest BCUT2D eigenvalue weighted by molar-refractivity contribution is 0.0693. The normalized spacial score (nSPS) is 17.6. The molecule has 0 bridgehead atoms. The molecular formula is C14H15BN2O6. The minimum Gasteiger partial charge on any atom is -0.477 e. The fourth-order valence-electron chi connectivity index (χ4n) is 2.73. The maximum absolute atomic E-state index is 12.3. The van der Waals surface area contributed by atoms with Crippen LogP contribution in [-0.2, 0) is 11.3 Å². The quantitative estimate of drug-likeness (QED) is 0.615. The van der Waals surface area contributed by atoms with Crippen LogP contribution in [0.25, 0.3) is 11.0 Å². The van der Waals surface area contributed by atoms with Crippen LogP contribution in [0.15, 0.2) is 23.3 Å². The van der Waals surface area contributed by atoms with Crippen LogP contribution >= 0.6 is 0 Å². The zero-order chi connectivity index (χ0) is 16.6. The standard InChI is InChI=1S/C14H15BN2O6/c18-12-10-4-8(15(21)22)5-16-13(10)17(7-11(12)14(19)20)6-9-2-1-3-23-9/h4-5,7,9,21-22H,1-3,6H2,(H,19,20). The molecule has 8 nitrogen and oxygen atoms in total. The first kappa shape index (κ1) is 15.7. The first-order valence-electron chi connectivity index (χ1n) is 7.21. The maximum Gasteiger partial charge on any atom is 0.490 e. The summed E-state index contributed by atoms with van der Waals surface area (Å²) in [6.07, 6.45) is 4.23. The van der Waals surface area contributed by atoms with Gasteiger partial charge in [0.15, 0.2) is 0 Å². The highest BCUT2D eigenvalue weighted by Gasteiger charge is 2.22. The lowest BCUT2D eigenvalue weighted by atomic mass is 9.81. The van der Waals surface area contributed by atoms with Gasteiger partial charge in [-0.2, -0.15) is 0 Å². The number of rotatable bonds is 4. The second kappa shape index (κ2) is 6.11. The second-order valence-corrected chi connectivity index (χ2v) is 5.48. The third-order valence-corrected chi connectivity index (χ3v) is 3.89. The Balaban J connectivity index is 2.19. The van der Waals surface area contributed by atoms with Crippen LogP contribution in [0.3, 0.4) is 0 Å². The molecule has 2 aromatic heterocycles. The van der Waals surface area contributed by atoms with Gasteiger partial charge in [0, 0.05) is 24.5 Å². The van der Waals surface area contributed by atoms with E-state index in [-0.39, 0.29) is 22.5 Å². The van der Waals surface area contributed by atoms with Crippen molar-refractivity contribution in [2.45, 2.75) is 25.5 Å². The highest BCUT2D eigenvalue weighted by atomic mass is 16.5. The molecule has 0 saturated carbocycles. The molecule has 23 heavy (non-hydrogen) atoms. The minimum atomic E-state index is -1.79. The average Bonchev–Trinajstić information content (AvgIpc) is 3.02. The molecule has 0 amide bonds. The van der Waals surface area contributed by atoms with E-state index in [1.165, 1.54) is 18.5 Å². The van der Waals surface area contributed by atoms with Gasteiger partial charge in [0.25, 0.3) is 0 Å². The first-order chi connectivity index (χ1) is 11.0. The lowest BCUT2D eigenvalue weighted by Crippen LogP contribution is -2.32. The summed E-state index contributed by atoms with van der Waals surface area (Å²) in [6, 6.07) is 1.26. The highest BCUT2D eigenvalue weighted by molar-refractivity contribution is 6.58. The Hall–Kier alpha value is -2.23. The Bertz CT molecular complexity index is 813. The number of carbonyl (C=O) groups is 1. The highest BCUT2D eigenvalue weighted by Crippen LogP contribution is 2.17. The molecule has 1 unspecified atom stereocenters. The molecular weight excluding hydrogens is 303 g/mol. The van der Waals surface area contributed by atoms with Gasteiger partial charge in [0.05, 0.1) is 18.0 Å². The number of aromatic nitrogens is 2. The molecule has 1 fully saturated rings. The third-order valence-electron chi connectivity index (χ3n) is 3.89. The molecule has 1 aliphatic heterocycles. The monoisotopic (exact) mass is 318 g/mol. The molecule has 0 spiro atoms. The van der Waals surface area contributed by atoms with Gasteiger partial charge in [0.2, 0.25) is 5.43 Å². The van der Waals surface area contributed by atoms with Gasteiger partial charge < -0.3 is 24.5 Å². The molecule has 1 aliphatic rings. The van der Waals surface area contributed by atoms with Crippen molar-refractivity contribution in [2.24, 2.45) is 0 Å². The molecule has 9 heteroatoms. The van der Waals surface area contributed by atoms with Crippen molar-refractivity contribution < 1.29 is 24.7 Å². The summed E-state index contributed by atoms with van der Waals surface area (Å²) in [5.41, 5.74) is -0.770. The van der Waals surface area contributed by atoms with Crippen molar-refractivity contribution in [3.63, 3.8) is 0 Å². The number of fused-ring (bicyclic) bond motifs is 1. The molecule has 0 aromatic carbocycles. The molecule has 0 aliphatic carbocycles. The van der Waals surface area contributed by atoms with Gasteiger partial charge in [0.1, 0.15) is 11.2 Å². The van der Waals surface area contributed by atoms with E-state index in [4.69, 9.17) is 4.74 Å². The zero-order valence-electron chi connectivity index (χ0n) is 12.2. The average molecular weight is 318 g/mol. The van der Waals surface area contributed by atoms with E-state index >= 15 is 0 Å².